The summed E-state index contributed by atoms with van der Waals surface area (Å²) < 4.78 is 134. The number of nitrogens with zero attached hydrogens (tertiary/aromatic N) is 3. The molecule has 3 rings (SSSR count). The fourth-order valence-electron chi connectivity index (χ4n) is 3.03. The van der Waals surface area contributed by atoms with Crippen LogP contribution < -0.4 is 10.2 Å². The summed E-state index contributed by atoms with van der Waals surface area (Å²) in [6.07, 6.45) is -1.67. The third kappa shape index (κ3) is 5.54. The lowest BCUT2D eigenvalue weighted by Crippen LogP contribution is -2.47. The summed E-state index contributed by atoms with van der Waals surface area (Å²) in [5.41, 5.74) is -0.925. The zero-order valence-electron chi connectivity index (χ0n) is 31.8. The molecule has 156 valence electrons. The van der Waals surface area contributed by atoms with E-state index in [-0.39, 0.29) is 41.0 Å². The highest BCUT2D eigenvalue weighted by molar-refractivity contribution is 6.34. The van der Waals surface area contributed by atoms with Gasteiger partial charge in [0, 0.05) is 58.4 Å². The molecule has 0 aromatic heterocycles. The van der Waals surface area contributed by atoms with Crippen molar-refractivity contribution in [3.63, 3.8) is 0 Å². The van der Waals surface area contributed by atoms with Crippen LogP contribution in [-0.4, -0.2) is 68.4 Å². The number of hydrogen-bond donors (Lipinski definition) is 1. The Labute approximate surface area is 197 Å². The van der Waals surface area contributed by atoms with Crippen LogP contribution >= 0.6 is 11.6 Å². The number of urea groups is 1. The van der Waals surface area contributed by atoms with Crippen molar-refractivity contribution >= 4 is 23.3 Å². The lowest BCUT2D eigenvalue weighted by Gasteiger charge is -2.37. The minimum Gasteiger partial charge on any atom is -0.368 e. The zero-order chi connectivity index (χ0) is 34.2. The number of carbonyl (C=O) groups is 1. The van der Waals surface area contributed by atoms with Crippen LogP contribution in [0.4, 0.5) is 10.5 Å². The summed E-state index contributed by atoms with van der Waals surface area (Å²) in [4.78, 5) is 13.0. The maximum absolute atomic E-state index is 12.3. The first-order valence-electron chi connectivity index (χ1n) is 17.0. The molecular weight excluding hydrogens is 372 g/mol. The van der Waals surface area contributed by atoms with Crippen molar-refractivity contribution in [2.24, 2.45) is 5.92 Å². The van der Waals surface area contributed by atoms with Gasteiger partial charge < -0.3 is 15.1 Å². The number of amides is 2. The van der Waals surface area contributed by atoms with Gasteiger partial charge in [0.1, 0.15) is 0 Å². The van der Waals surface area contributed by atoms with E-state index in [4.69, 9.17) is 33.5 Å². The predicted octanol–water partition coefficient (Wildman–Crippen LogP) is 3.99. The molecule has 5 nitrogen and oxygen atoms in total. The summed E-state index contributed by atoms with van der Waals surface area (Å²) in [6.45, 7) is -16.3. The van der Waals surface area contributed by atoms with Gasteiger partial charge in [-0.3, -0.25) is 4.90 Å². The second-order valence-electron chi connectivity index (χ2n) is 6.79. The molecule has 1 aromatic rings. The maximum Gasteiger partial charge on any atom is 0.317 e. The van der Waals surface area contributed by atoms with Crippen LogP contribution in [0.15, 0.2) is 18.1 Å². The first-order chi connectivity index (χ1) is 19.7. The summed E-state index contributed by atoms with van der Waals surface area (Å²) in [5.74, 6) is -0.829. The molecule has 1 N–H and O–H groups in total. The molecule has 6 heteroatoms. The van der Waals surface area contributed by atoms with Gasteiger partial charge in [-0.05, 0) is 63.0 Å². The number of carbonyl (C=O) groups excluding carboxylic acids is 1. The minimum absolute atomic E-state index is 0.0470. The number of nitrogens with one attached hydrogen (secondary N) is 1. The highest BCUT2D eigenvalue weighted by Gasteiger charge is 2.24. The molecule has 2 aliphatic rings. The van der Waals surface area contributed by atoms with E-state index in [0.717, 1.165) is 7.05 Å². The van der Waals surface area contributed by atoms with E-state index >= 15 is 0 Å². The Bertz CT molecular complexity index is 1220. The Hall–Kier alpha value is -1.46. The van der Waals surface area contributed by atoms with E-state index in [1.165, 1.54) is 6.92 Å². The van der Waals surface area contributed by atoms with Gasteiger partial charge in [0.05, 0.1) is 20.3 Å². The van der Waals surface area contributed by atoms with Crippen LogP contribution in [-0.2, 0) is 0 Å². The first kappa shape index (κ1) is 8.73. The summed E-state index contributed by atoms with van der Waals surface area (Å²) in [5, 5.41) is 2.06. The monoisotopic (exact) mass is 422 g/mol. The molecule has 28 heavy (non-hydrogen) atoms. The van der Waals surface area contributed by atoms with Crippen molar-refractivity contribution in [2.75, 3.05) is 51.5 Å². The molecule has 0 unspecified atom stereocenters. The molecule has 0 radical (unpaired) electrons. The SMILES string of the molecule is [2H]c1c([2H])c(C)c(Cl)c(N2C([2H])([2H])C([2H])([2H])N(CC([2H])([2H])[C@H]3CC[C@H](NC(=O)N(C)C([2H])([2H])[2H])CC3)C([2H])([2H])C2([2H])[2H])c1[2H]. The number of halogens is 1. The van der Waals surface area contributed by atoms with Gasteiger partial charge in [-0.15, -0.1) is 0 Å². The number of anilines is 1. The Morgan fingerprint density at radius 2 is 2.07 bits per heavy atom. The van der Waals surface area contributed by atoms with Crippen LogP contribution in [0.5, 0.6) is 0 Å². The van der Waals surface area contributed by atoms with Crippen LogP contribution in [0.2, 0.25) is 5.02 Å². The molecule has 1 saturated carbocycles. The van der Waals surface area contributed by atoms with E-state index in [0.29, 0.717) is 4.90 Å². The highest BCUT2D eigenvalue weighted by atomic mass is 35.5. The van der Waals surface area contributed by atoms with Gasteiger partial charge in [0.2, 0.25) is 0 Å². The van der Waals surface area contributed by atoms with Crippen LogP contribution in [0.1, 0.15) is 59.6 Å². The predicted molar refractivity (Wildman–Crippen MR) is 117 cm³/mol. The molecule has 1 heterocycles. The molecule has 1 aromatic carbocycles. The average Bonchev–Trinajstić information content (AvgIpc) is 2.89. The molecule has 2 amide bonds. The quantitative estimate of drug-likeness (QED) is 0.779. The van der Waals surface area contributed by atoms with Gasteiger partial charge in [-0.1, -0.05) is 23.7 Å². The van der Waals surface area contributed by atoms with Crippen LogP contribution in [0.3, 0.4) is 0 Å². The highest BCUT2D eigenvalue weighted by Crippen LogP contribution is 2.30. The van der Waals surface area contributed by atoms with Crippen molar-refractivity contribution < 1.29 is 26.7 Å². The average molecular weight is 423 g/mol. The van der Waals surface area contributed by atoms with Crippen molar-refractivity contribution in [2.45, 2.75) is 45.0 Å². The lowest BCUT2D eigenvalue weighted by atomic mass is 9.84. The van der Waals surface area contributed by atoms with Gasteiger partial charge in [0.15, 0.2) is 0 Å². The summed E-state index contributed by atoms with van der Waals surface area (Å²) >= 11 is 6.30. The summed E-state index contributed by atoms with van der Waals surface area (Å²) in [6, 6.07) is -3.44. The molecule has 1 aliphatic carbocycles. The molecule has 0 atom stereocenters. The molecule has 1 saturated heterocycles. The van der Waals surface area contributed by atoms with Crippen molar-refractivity contribution in [3.05, 3.63) is 28.7 Å². The topological polar surface area (TPSA) is 38.8 Å². The standard InChI is InChI=1S/C22H35ClN4O/c1-17-5-4-6-20(21(17)23)27-15-13-26(14-16-27)12-11-18-7-9-19(10-8-18)24-22(28)25(2)3/h4-6,18-19H,7-16H2,1-3H3,(H,24,28)/t18-,19-/i2D3,4D,5D,6D,11D2,13D2,14D2,15D2,16D2. The lowest BCUT2D eigenvalue weighted by molar-refractivity contribution is 0.194. The zero-order valence-corrected chi connectivity index (χ0v) is 16.6. The van der Waals surface area contributed by atoms with Crippen molar-refractivity contribution in [3.8, 4) is 0 Å². The van der Waals surface area contributed by atoms with E-state index in [1.54, 1.807) is 0 Å². The second kappa shape index (κ2) is 9.84. The van der Waals surface area contributed by atoms with Gasteiger partial charge in [0.25, 0.3) is 0 Å². The van der Waals surface area contributed by atoms with Gasteiger partial charge in [-0.2, -0.15) is 0 Å². The van der Waals surface area contributed by atoms with Crippen molar-refractivity contribution in [1.29, 1.82) is 0 Å². The largest absolute Gasteiger partial charge is 0.368 e. The molecule has 0 bridgehead atoms. The Morgan fingerprint density at radius 3 is 2.75 bits per heavy atom. The number of piperazine rings is 1. The molecule has 0 spiro atoms. The van der Waals surface area contributed by atoms with E-state index < -0.39 is 92.7 Å². The minimum atomic E-state index is -3.48. The number of hydrogen-bond acceptors (Lipinski definition) is 3. The number of rotatable bonds is 5. The fourth-order valence-corrected chi connectivity index (χ4v) is 3.21. The molecule has 1 aliphatic heterocycles. The smallest absolute Gasteiger partial charge is 0.317 e. The molecular formula is C22H35ClN4O. The third-order valence-corrected chi connectivity index (χ3v) is 5.15. The fraction of sp³-hybridized carbons (Fsp3) is 0.682. The van der Waals surface area contributed by atoms with Crippen molar-refractivity contribution in [1.82, 2.24) is 15.1 Å². The Morgan fingerprint density at radius 1 is 1.36 bits per heavy atom. The van der Waals surface area contributed by atoms with E-state index in [2.05, 4.69) is 5.32 Å². The van der Waals surface area contributed by atoms with Gasteiger partial charge >= 0.3 is 6.03 Å². The Kier molecular flexibility index (Phi) is 3.07. The first-order valence-corrected chi connectivity index (χ1v) is 9.41. The normalized spacial score (nSPS) is 40.0. The Balaban J connectivity index is 1.93. The van der Waals surface area contributed by atoms with Crippen LogP contribution in [0, 0.1) is 12.8 Å². The second-order valence-corrected chi connectivity index (χ2v) is 7.17. The van der Waals surface area contributed by atoms with Crippen LogP contribution in [0.25, 0.3) is 0 Å². The van der Waals surface area contributed by atoms with E-state index in [9.17, 15) is 4.79 Å². The molecule has 2 fully saturated rings. The third-order valence-electron chi connectivity index (χ3n) is 4.68. The van der Waals surface area contributed by atoms with E-state index in [1.807, 2.05) is 0 Å². The van der Waals surface area contributed by atoms with Gasteiger partial charge in [-0.25, -0.2) is 4.79 Å². The number of benzene rings is 1. The summed E-state index contributed by atoms with van der Waals surface area (Å²) in [7, 11) is 1.11. The maximum atomic E-state index is 12.3.